The third kappa shape index (κ3) is 3.53. The summed E-state index contributed by atoms with van der Waals surface area (Å²) in [6.07, 6.45) is 8.49. The number of fused-ring (bicyclic) bond motifs is 3. The smallest absolute Gasteiger partial charge is 0.334 e. The Bertz CT molecular complexity index is 1760. The van der Waals surface area contributed by atoms with Crippen molar-refractivity contribution in [2.24, 2.45) is 12.8 Å². The fourth-order valence-corrected chi connectivity index (χ4v) is 5.33. The first kappa shape index (κ1) is 21.8. The van der Waals surface area contributed by atoms with Gasteiger partial charge < -0.3 is 15.4 Å². The van der Waals surface area contributed by atoms with E-state index in [9.17, 15) is 5.11 Å². The number of pyridine rings is 2. The van der Waals surface area contributed by atoms with Crippen molar-refractivity contribution in [1.82, 2.24) is 24.3 Å². The van der Waals surface area contributed by atoms with Gasteiger partial charge in [-0.25, -0.2) is 4.98 Å². The van der Waals surface area contributed by atoms with Gasteiger partial charge in [0.15, 0.2) is 5.69 Å². The molecule has 0 saturated heterocycles. The second kappa shape index (κ2) is 8.06. The van der Waals surface area contributed by atoms with Crippen LogP contribution >= 0.6 is 0 Å². The summed E-state index contributed by atoms with van der Waals surface area (Å²) in [5.74, 6) is 0.740. The molecule has 4 aromatic heterocycles. The highest BCUT2D eigenvalue weighted by Gasteiger charge is 2.41. The number of nitrogens with two attached hydrogens (primary N) is 1. The van der Waals surface area contributed by atoms with E-state index in [4.69, 9.17) is 15.8 Å². The number of hydrogen-bond acceptors (Lipinski definition) is 5. The van der Waals surface area contributed by atoms with E-state index >= 15 is 0 Å². The zero-order valence-electron chi connectivity index (χ0n) is 20.4. The summed E-state index contributed by atoms with van der Waals surface area (Å²) in [6.45, 7) is 0. The van der Waals surface area contributed by atoms with Crippen LogP contribution in [-0.2, 0) is 12.6 Å². The van der Waals surface area contributed by atoms with E-state index in [1.54, 1.807) is 6.33 Å². The van der Waals surface area contributed by atoms with Crippen LogP contribution in [-0.4, -0.2) is 35.5 Å². The molecule has 0 bridgehead atoms. The standard InChI is InChI=1S/C29H26N7O/c1-34-17-26(32-18-34)27-33-36(22-9-7-21(8-10-22)29(30)14-23(37)15-29)28-24-13-20(19-5-3-2-4-6-19)16-31-25(24)11-12-35(27)28/h2-13,16-18,23,37H,14-15,30H2,1H3/q+1. The predicted molar refractivity (Wildman–Crippen MR) is 141 cm³/mol. The lowest BCUT2D eigenvalue weighted by atomic mass is 9.71. The van der Waals surface area contributed by atoms with Gasteiger partial charge in [0.1, 0.15) is 5.69 Å². The third-order valence-corrected chi connectivity index (χ3v) is 7.32. The summed E-state index contributed by atoms with van der Waals surface area (Å²) in [5, 5.41) is 15.8. The minimum atomic E-state index is -0.473. The van der Waals surface area contributed by atoms with Gasteiger partial charge in [0.2, 0.25) is 0 Å². The molecule has 8 nitrogen and oxygen atoms in total. The molecular formula is C29H26N7O+. The quantitative estimate of drug-likeness (QED) is 0.370. The summed E-state index contributed by atoms with van der Waals surface area (Å²) < 4.78 is 5.94. The van der Waals surface area contributed by atoms with Gasteiger partial charge >= 0.3 is 5.82 Å². The second-order valence-electron chi connectivity index (χ2n) is 9.96. The highest BCUT2D eigenvalue weighted by atomic mass is 16.3. The van der Waals surface area contributed by atoms with Crippen molar-refractivity contribution < 1.29 is 9.51 Å². The lowest BCUT2D eigenvalue weighted by Gasteiger charge is -2.42. The molecule has 0 aliphatic heterocycles. The van der Waals surface area contributed by atoms with Crippen molar-refractivity contribution in [3.05, 3.63) is 97.2 Å². The number of aliphatic hydroxyl groups excluding tert-OH is 1. The molecule has 7 rings (SSSR count). The van der Waals surface area contributed by atoms with Gasteiger partial charge in [0, 0.05) is 30.5 Å². The first-order chi connectivity index (χ1) is 18.0. The minimum Gasteiger partial charge on any atom is -0.393 e. The molecule has 0 spiro atoms. The van der Waals surface area contributed by atoms with Gasteiger partial charge in [-0.1, -0.05) is 47.1 Å². The van der Waals surface area contributed by atoms with Gasteiger partial charge in [0.05, 0.1) is 34.6 Å². The molecule has 1 aliphatic rings. The molecule has 1 saturated carbocycles. The van der Waals surface area contributed by atoms with Crippen LogP contribution in [0.4, 0.5) is 0 Å². The van der Waals surface area contributed by atoms with Crippen molar-refractivity contribution in [3.8, 4) is 28.3 Å². The first-order valence-electron chi connectivity index (χ1n) is 12.3. The number of aryl methyl sites for hydroxylation is 1. The van der Waals surface area contributed by atoms with E-state index in [1.165, 1.54) is 0 Å². The molecule has 6 aromatic rings. The van der Waals surface area contributed by atoms with Crippen LogP contribution in [0.1, 0.15) is 18.4 Å². The monoisotopic (exact) mass is 488 g/mol. The highest BCUT2D eigenvalue weighted by Crippen LogP contribution is 2.39. The summed E-state index contributed by atoms with van der Waals surface area (Å²) in [5.41, 5.74) is 12.7. The molecule has 1 aliphatic carbocycles. The number of hydrogen-bond donors (Lipinski definition) is 2. The van der Waals surface area contributed by atoms with Crippen molar-refractivity contribution in [2.75, 3.05) is 0 Å². The number of rotatable bonds is 4. The summed E-state index contributed by atoms with van der Waals surface area (Å²) >= 11 is 0. The van der Waals surface area contributed by atoms with Gasteiger partial charge in [-0.15, -0.1) is 0 Å². The van der Waals surface area contributed by atoms with E-state index in [-0.39, 0.29) is 6.10 Å². The van der Waals surface area contributed by atoms with Crippen LogP contribution in [0, 0.1) is 0 Å². The number of nitrogens with zero attached hydrogens (tertiary/aromatic N) is 6. The second-order valence-corrected chi connectivity index (χ2v) is 9.96. The maximum atomic E-state index is 9.80. The Morgan fingerprint density at radius 2 is 1.78 bits per heavy atom. The molecule has 3 N–H and O–H groups in total. The third-order valence-electron chi connectivity index (χ3n) is 7.32. The van der Waals surface area contributed by atoms with Crippen molar-refractivity contribution in [1.29, 1.82) is 0 Å². The van der Waals surface area contributed by atoms with E-state index in [2.05, 4.69) is 27.6 Å². The number of aliphatic hydroxyl groups is 1. The van der Waals surface area contributed by atoms with Crippen LogP contribution < -0.4 is 10.1 Å². The molecule has 0 atom stereocenters. The van der Waals surface area contributed by atoms with Crippen LogP contribution in [0.15, 0.2) is 91.6 Å². The summed E-state index contributed by atoms with van der Waals surface area (Å²) in [6, 6.07) is 22.6. The number of benzene rings is 2. The van der Waals surface area contributed by atoms with Gasteiger partial charge in [-0.2, -0.15) is 4.40 Å². The minimum absolute atomic E-state index is 0.324. The van der Waals surface area contributed by atoms with Crippen molar-refractivity contribution in [3.63, 3.8) is 0 Å². The average molecular weight is 489 g/mol. The average Bonchev–Trinajstić information content (AvgIpc) is 3.52. The molecule has 4 heterocycles. The van der Waals surface area contributed by atoms with E-state index in [0.717, 1.165) is 50.4 Å². The highest BCUT2D eigenvalue weighted by molar-refractivity contribution is 5.93. The Labute approximate surface area is 213 Å². The molecular weight excluding hydrogens is 462 g/mol. The van der Waals surface area contributed by atoms with E-state index in [1.807, 2.05) is 83.4 Å². The zero-order valence-corrected chi connectivity index (χ0v) is 20.4. The molecule has 182 valence electrons. The maximum absolute atomic E-state index is 9.80. The molecule has 2 aromatic carbocycles. The Morgan fingerprint density at radius 1 is 1.00 bits per heavy atom. The zero-order chi connectivity index (χ0) is 25.1. The SMILES string of the molecule is Cn1cnc(-c2nn(-c3ccc(C4(N)CC(O)C4)cc3)c3c4cc(-c5ccccc5)cnc4cc[n+]23)c1. The summed E-state index contributed by atoms with van der Waals surface area (Å²) in [7, 11) is 1.95. The van der Waals surface area contributed by atoms with Crippen LogP contribution in [0.3, 0.4) is 0 Å². The van der Waals surface area contributed by atoms with Crippen LogP contribution in [0.5, 0.6) is 0 Å². The number of aromatic nitrogens is 6. The Morgan fingerprint density at radius 3 is 2.49 bits per heavy atom. The largest absolute Gasteiger partial charge is 0.393 e. The van der Waals surface area contributed by atoms with E-state index < -0.39 is 5.54 Å². The fourth-order valence-electron chi connectivity index (χ4n) is 5.33. The van der Waals surface area contributed by atoms with Crippen molar-refractivity contribution in [2.45, 2.75) is 24.5 Å². The number of imidazole rings is 1. The molecule has 0 radical (unpaired) electrons. The van der Waals surface area contributed by atoms with Crippen LogP contribution in [0.2, 0.25) is 0 Å². The topological polar surface area (TPSA) is 98.9 Å². The fraction of sp³-hybridized carbons (Fsp3) is 0.172. The molecule has 0 unspecified atom stereocenters. The maximum Gasteiger partial charge on any atom is 0.334 e. The molecule has 0 amide bonds. The van der Waals surface area contributed by atoms with Crippen molar-refractivity contribution >= 4 is 16.6 Å². The Hall–Kier alpha value is -4.40. The van der Waals surface area contributed by atoms with Gasteiger partial charge in [0.25, 0.3) is 5.65 Å². The van der Waals surface area contributed by atoms with Crippen LogP contribution in [0.25, 0.3) is 44.9 Å². The molecule has 37 heavy (non-hydrogen) atoms. The Kier molecular flexibility index (Phi) is 4.76. The van der Waals surface area contributed by atoms with E-state index in [0.29, 0.717) is 12.8 Å². The lowest BCUT2D eigenvalue weighted by Crippen LogP contribution is -2.51. The summed E-state index contributed by atoms with van der Waals surface area (Å²) in [4.78, 5) is 9.36. The lowest BCUT2D eigenvalue weighted by molar-refractivity contribution is -0.498. The normalized spacial score (nSPS) is 19.4. The molecule has 8 heteroatoms. The predicted octanol–water partition coefficient (Wildman–Crippen LogP) is 3.54. The first-order valence-corrected chi connectivity index (χ1v) is 12.3. The van der Waals surface area contributed by atoms with Gasteiger partial charge in [-0.3, -0.25) is 4.98 Å². The molecule has 1 fully saturated rings. The van der Waals surface area contributed by atoms with Gasteiger partial charge in [-0.05, 0) is 48.2 Å². The Balaban J connectivity index is 1.46.